The number of nitrogens with zero attached hydrogens (tertiary/aromatic N) is 2. The molecule has 0 radical (unpaired) electrons. The molecule has 1 aromatic heterocycles. The van der Waals surface area contributed by atoms with Gasteiger partial charge >= 0.3 is 0 Å². The molecule has 1 atom stereocenters. The first-order valence-corrected chi connectivity index (χ1v) is 6.76. The molecule has 2 rings (SSSR count). The Kier molecular flexibility index (Phi) is 4.59. The smallest absolute Gasteiger partial charge is 0.292 e. The highest BCUT2D eigenvalue weighted by Crippen LogP contribution is 2.32. The second-order valence-corrected chi connectivity index (χ2v) is 4.77. The molecule has 0 amide bonds. The van der Waals surface area contributed by atoms with Gasteiger partial charge in [-0.3, -0.25) is 10.1 Å². The Morgan fingerprint density at radius 3 is 2.71 bits per heavy atom. The van der Waals surface area contributed by atoms with Crippen LogP contribution < -0.4 is 4.90 Å². The van der Waals surface area contributed by atoms with Gasteiger partial charge in [-0.05, 0) is 37.6 Å². The molecule has 1 N–H and O–H groups in total. The Morgan fingerprint density at radius 1 is 1.43 bits per heavy atom. The second-order valence-electron chi connectivity index (χ2n) is 4.77. The van der Waals surface area contributed by atoms with E-state index in [1.807, 2.05) is 17.9 Å². The Bertz CT molecular complexity index is 608. The summed E-state index contributed by atoms with van der Waals surface area (Å²) in [5, 5.41) is 20.9. The number of furan rings is 1. The van der Waals surface area contributed by atoms with Gasteiger partial charge in [0.2, 0.25) is 0 Å². The standard InChI is InChI=1S/C15H18N2O4/c1-3-16(10-13-5-4-8-21-13)14-7-6-12(11(2)18)9-15(14)17(19)20/h4-9,11,18H,3,10H2,1-2H3/t11-/m1/s1. The Morgan fingerprint density at radius 2 is 2.19 bits per heavy atom. The van der Waals surface area contributed by atoms with Crippen molar-refractivity contribution in [3.05, 3.63) is 58.0 Å². The van der Waals surface area contributed by atoms with E-state index in [0.29, 0.717) is 24.3 Å². The summed E-state index contributed by atoms with van der Waals surface area (Å²) in [4.78, 5) is 12.7. The summed E-state index contributed by atoms with van der Waals surface area (Å²) in [5.74, 6) is 0.741. The van der Waals surface area contributed by atoms with Crippen LogP contribution in [0.1, 0.15) is 31.3 Å². The zero-order chi connectivity index (χ0) is 15.4. The number of hydrogen-bond donors (Lipinski definition) is 1. The minimum Gasteiger partial charge on any atom is -0.467 e. The normalized spacial score (nSPS) is 12.1. The highest BCUT2D eigenvalue weighted by molar-refractivity contribution is 5.64. The molecule has 0 saturated heterocycles. The van der Waals surface area contributed by atoms with E-state index in [9.17, 15) is 15.2 Å². The Hall–Kier alpha value is -2.34. The van der Waals surface area contributed by atoms with Crippen LogP contribution in [0.25, 0.3) is 0 Å². The third-order valence-electron chi connectivity index (χ3n) is 3.33. The second kappa shape index (κ2) is 6.41. The topological polar surface area (TPSA) is 79.8 Å². The number of hydrogen-bond acceptors (Lipinski definition) is 5. The lowest BCUT2D eigenvalue weighted by Gasteiger charge is -2.22. The van der Waals surface area contributed by atoms with Crippen molar-refractivity contribution >= 4 is 11.4 Å². The third kappa shape index (κ3) is 3.41. The van der Waals surface area contributed by atoms with Gasteiger partial charge < -0.3 is 14.4 Å². The van der Waals surface area contributed by atoms with E-state index < -0.39 is 11.0 Å². The summed E-state index contributed by atoms with van der Waals surface area (Å²) in [6.45, 7) is 4.57. The first-order chi connectivity index (χ1) is 10.0. The van der Waals surface area contributed by atoms with Crippen molar-refractivity contribution in [1.29, 1.82) is 0 Å². The molecule has 21 heavy (non-hydrogen) atoms. The van der Waals surface area contributed by atoms with Crippen LogP contribution >= 0.6 is 0 Å². The average molecular weight is 290 g/mol. The van der Waals surface area contributed by atoms with Gasteiger partial charge in [0.05, 0.1) is 23.8 Å². The van der Waals surface area contributed by atoms with Gasteiger partial charge in [-0.25, -0.2) is 0 Å². The van der Waals surface area contributed by atoms with Gasteiger partial charge in [0.1, 0.15) is 11.4 Å². The Labute approximate surface area is 122 Å². The number of rotatable bonds is 6. The number of nitro benzene ring substituents is 1. The van der Waals surface area contributed by atoms with E-state index >= 15 is 0 Å². The molecule has 6 nitrogen and oxygen atoms in total. The molecule has 0 fully saturated rings. The fraction of sp³-hybridized carbons (Fsp3) is 0.333. The van der Waals surface area contributed by atoms with E-state index in [2.05, 4.69) is 0 Å². The molecule has 0 bridgehead atoms. The molecule has 0 aliphatic rings. The van der Waals surface area contributed by atoms with Crippen LogP contribution in [0.2, 0.25) is 0 Å². The lowest BCUT2D eigenvalue weighted by atomic mass is 10.1. The van der Waals surface area contributed by atoms with Crippen LogP contribution in [0.15, 0.2) is 41.0 Å². The number of nitro groups is 1. The zero-order valence-corrected chi connectivity index (χ0v) is 12.0. The summed E-state index contributed by atoms with van der Waals surface area (Å²) >= 11 is 0. The number of benzene rings is 1. The van der Waals surface area contributed by atoms with Crippen molar-refractivity contribution in [2.75, 3.05) is 11.4 Å². The van der Waals surface area contributed by atoms with Gasteiger partial charge in [-0.2, -0.15) is 0 Å². The summed E-state index contributed by atoms with van der Waals surface area (Å²) in [6.07, 6.45) is 0.839. The van der Waals surface area contributed by atoms with E-state index in [4.69, 9.17) is 4.42 Å². The van der Waals surface area contributed by atoms with Crippen LogP contribution in [0, 0.1) is 10.1 Å². The monoisotopic (exact) mass is 290 g/mol. The van der Waals surface area contributed by atoms with Crippen LogP contribution in [0.3, 0.4) is 0 Å². The first-order valence-electron chi connectivity index (χ1n) is 6.76. The summed E-state index contributed by atoms with van der Waals surface area (Å²) in [5.41, 5.74) is 1.03. The van der Waals surface area contributed by atoms with Gasteiger partial charge in [0.25, 0.3) is 5.69 Å². The number of aliphatic hydroxyl groups excluding tert-OH is 1. The molecule has 0 spiro atoms. The van der Waals surface area contributed by atoms with Crippen LogP contribution in [0.5, 0.6) is 0 Å². The lowest BCUT2D eigenvalue weighted by molar-refractivity contribution is -0.384. The molecular weight excluding hydrogens is 272 g/mol. The Balaban J connectivity index is 2.38. The fourth-order valence-corrected chi connectivity index (χ4v) is 2.17. The summed E-state index contributed by atoms with van der Waals surface area (Å²) in [6, 6.07) is 8.42. The maximum atomic E-state index is 11.3. The molecular formula is C15H18N2O4. The summed E-state index contributed by atoms with van der Waals surface area (Å²) < 4.78 is 5.30. The van der Waals surface area contributed by atoms with E-state index in [1.165, 1.54) is 6.07 Å². The molecule has 0 unspecified atom stereocenters. The van der Waals surface area contributed by atoms with Crippen LogP contribution in [0.4, 0.5) is 11.4 Å². The predicted octanol–water partition coefficient (Wildman–Crippen LogP) is 3.27. The maximum absolute atomic E-state index is 11.3. The van der Waals surface area contributed by atoms with Gasteiger partial charge in [-0.15, -0.1) is 0 Å². The molecule has 0 aliphatic heterocycles. The zero-order valence-electron chi connectivity index (χ0n) is 12.0. The predicted molar refractivity (Wildman–Crippen MR) is 79.2 cm³/mol. The van der Waals surface area contributed by atoms with Gasteiger partial charge in [0, 0.05) is 12.6 Å². The van der Waals surface area contributed by atoms with E-state index in [0.717, 1.165) is 5.76 Å². The number of aliphatic hydroxyl groups is 1. The quantitative estimate of drug-likeness (QED) is 0.652. The highest BCUT2D eigenvalue weighted by atomic mass is 16.6. The van der Waals surface area contributed by atoms with E-state index in [1.54, 1.807) is 31.4 Å². The van der Waals surface area contributed by atoms with Crippen LogP contribution in [-0.2, 0) is 6.54 Å². The third-order valence-corrected chi connectivity index (χ3v) is 3.33. The summed E-state index contributed by atoms with van der Waals surface area (Å²) in [7, 11) is 0. The van der Waals surface area contributed by atoms with Crippen molar-refractivity contribution in [1.82, 2.24) is 0 Å². The minimum atomic E-state index is -0.738. The van der Waals surface area contributed by atoms with Gasteiger partial charge in [0.15, 0.2) is 0 Å². The molecule has 1 heterocycles. The van der Waals surface area contributed by atoms with Crippen molar-refractivity contribution < 1.29 is 14.4 Å². The molecule has 6 heteroatoms. The van der Waals surface area contributed by atoms with E-state index in [-0.39, 0.29) is 5.69 Å². The minimum absolute atomic E-state index is 0.0122. The average Bonchev–Trinajstić information content (AvgIpc) is 2.97. The number of anilines is 1. The van der Waals surface area contributed by atoms with Crippen molar-refractivity contribution in [3.8, 4) is 0 Å². The van der Waals surface area contributed by atoms with Gasteiger partial charge in [-0.1, -0.05) is 6.07 Å². The SMILES string of the molecule is CCN(Cc1ccco1)c1ccc([C@@H](C)O)cc1[N+](=O)[O-]. The van der Waals surface area contributed by atoms with Crippen LogP contribution in [-0.4, -0.2) is 16.6 Å². The molecule has 0 saturated carbocycles. The fourth-order valence-electron chi connectivity index (χ4n) is 2.17. The highest BCUT2D eigenvalue weighted by Gasteiger charge is 2.21. The lowest BCUT2D eigenvalue weighted by Crippen LogP contribution is -2.22. The molecule has 112 valence electrons. The maximum Gasteiger partial charge on any atom is 0.292 e. The molecule has 0 aliphatic carbocycles. The van der Waals surface area contributed by atoms with Crippen molar-refractivity contribution in [2.45, 2.75) is 26.5 Å². The molecule has 2 aromatic rings. The van der Waals surface area contributed by atoms with Crippen molar-refractivity contribution in [2.24, 2.45) is 0 Å². The largest absolute Gasteiger partial charge is 0.467 e. The molecule has 1 aromatic carbocycles. The van der Waals surface area contributed by atoms with Crippen molar-refractivity contribution in [3.63, 3.8) is 0 Å². The first kappa shape index (κ1) is 15.1.